The van der Waals surface area contributed by atoms with Crippen molar-refractivity contribution in [1.29, 1.82) is 0 Å². The standard InChI is InChI=1S/C32H52O6/c1-10-21(3)24(6)31-27(37-31)18-20(2)12-11-13-22(4)30-23(5)14-15-28(36-25(7)33)32(8,9)17-16-26(34)19-29(35)38-30/h11-15,20-21,23-24,26-28,30-31,34H,10,16-19H2,1-9H3/b12-11+,15-14+,22-13+. The van der Waals surface area contributed by atoms with Crippen LogP contribution in [0, 0.1) is 29.1 Å². The smallest absolute Gasteiger partial charge is 0.309 e. The molecule has 0 aliphatic carbocycles. The lowest BCUT2D eigenvalue weighted by atomic mass is 9.80. The van der Waals surface area contributed by atoms with Gasteiger partial charge in [0.05, 0.1) is 24.7 Å². The van der Waals surface area contributed by atoms with Gasteiger partial charge in [-0.15, -0.1) is 0 Å². The fraction of sp³-hybridized carbons (Fsp3) is 0.750. The zero-order chi connectivity index (χ0) is 28.6. The van der Waals surface area contributed by atoms with Crippen LogP contribution >= 0.6 is 0 Å². The van der Waals surface area contributed by atoms with Gasteiger partial charge in [-0.1, -0.05) is 79.2 Å². The largest absolute Gasteiger partial charge is 0.458 e. The Bertz CT molecular complexity index is 871. The second kappa shape index (κ2) is 14.5. The molecule has 0 radical (unpaired) electrons. The molecule has 38 heavy (non-hydrogen) atoms. The Morgan fingerprint density at radius 2 is 1.92 bits per heavy atom. The summed E-state index contributed by atoms with van der Waals surface area (Å²) in [7, 11) is 0. The molecule has 0 aromatic carbocycles. The van der Waals surface area contributed by atoms with E-state index in [9.17, 15) is 14.7 Å². The lowest BCUT2D eigenvalue weighted by Gasteiger charge is -2.33. The van der Waals surface area contributed by atoms with Crippen molar-refractivity contribution in [2.24, 2.45) is 29.1 Å². The molecule has 1 N–H and O–H groups in total. The molecular weight excluding hydrogens is 480 g/mol. The number of carbonyl (C=O) groups is 2. The molecule has 0 aromatic heterocycles. The molecule has 0 bridgehead atoms. The normalized spacial score (nSPS) is 33.8. The monoisotopic (exact) mass is 532 g/mol. The number of ether oxygens (including phenoxy) is 3. The highest BCUT2D eigenvalue weighted by atomic mass is 16.6. The van der Waals surface area contributed by atoms with Gasteiger partial charge in [0.1, 0.15) is 12.2 Å². The second-order valence-electron chi connectivity index (χ2n) is 12.5. The van der Waals surface area contributed by atoms with Crippen molar-refractivity contribution in [2.45, 2.75) is 125 Å². The fourth-order valence-corrected chi connectivity index (χ4v) is 5.24. The molecule has 6 heteroatoms. The number of hydrogen-bond acceptors (Lipinski definition) is 6. The summed E-state index contributed by atoms with van der Waals surface area (Å²) in [5, 5.41) is 10.5. The Kier molecular flexibility index (Phi) is 12.3. The minimum Gasteiger partial charge on any atom is -0.458 e. The third-order valence-corrected chi connectivity index (χ3v) is 8.45. The SMILES string of the molecule is CCC(C)C(C)C1OC1CC(C)/C=C/C=C(\C)C1OC(=O)CC(O)CCC(C)(C)C(OC(C)=O)/C=C/C1C. The summed E-state index contributed by atoms with van der Waals surface area (Å²) in [5.74, 6) is 0.727. The minimum absolute atomic E-state index is 0.0565. The number of rotatable bonds is 9. The molecule has 2 aliphatic heterocycles. The summed E-state index contributed by atoms with van der Waals surface area (Å²) in [6.07, 6.45) is 12.2. The van der Waals surface area contributed by atoms with E-state index >= 15 is 0 Å². The van der Waals surface area contributed by atoms with Gasteiger partial charge in [0.2, 0.25) is 0 Å². The molecule has 6 nitrogen and oxygen atoms in total. The average Bonchev–Trinajstić information content (AvgIpc) is 3.60. The third-order valence-electron chi connectivity index (χ3n) is 8.45. The maximum atomic E-state index is 12.7. The zero-order valence-corrected chi connectivity index (χ0v) is 25.1. The Labute approximate surface area is 230 Å². The van der Waals surface area contributed by atoms with Gasteiger partial charge in [0.25, 0.3) is 0 Å². The molecule has 216 valence electrons. The van der Waals surface area contributed by atoms with Gasteiger partial charge < -0.3 is 19.3 Å². The van der Waals surface area contributed by atoms with Crippen LogP contribution < -0.4 is 0 Å². The van der Waals surface area contributed by atoms with Gasteiger partial charge in [-0.3, -0.25) is 9.59 Å². The van der Waals surface area contributed by atoms with Gasteiger partial charge in [0.15, 0.2) is 0 Å². The van der Waals surface area contributed by atoms with Crippen LogP contribution in [0.1, 0.15) is 94.4 Å². The van der Waals surface area contributed by atoms with E-state index in [1.807, 2.05) is 52.0 Å². The van der Waals surface area contributed by atoms with Crippen molar-refractivity contribution >= 4 is 11.9 Å². The summed E-state index contributed by atoms with van der Waals surface area (Å²) < 4.78 is 17.5. The van der Waals surface area contributed by atoms with Crippen LogP contribution in [0.2, 0.25) is 0 Å². The van der Waals surface area contributed by atoms with Crippen LogP contribution in [0.15, 0.2) is 36.0 Å². The Morgan fingerprint density at radius 1 is 1.24 bits per heavy atom. The van der Waals surface area contributed by atoms with Gasteiger partial charge in [-0.05, 0) is 55.6 Å². The lowest BCUT2D eigenvalue weighted by Crippen LogP contribution is -2.35. The van der Waals surface area contributed by atoms with E-state index in [1.54, 1.807) is 0 Å². The Hall–Kier alpha value is -1.92. The molecule has 2 heterocycles. The maximum Gasteiger partial charge on any atom is 0.309 e. The molecular formula is C32H52O6. The first-order valence-corrected chi connectivity index (χ1v) is 14.5. The molecule has 0 spiro atoms. The van der Waals surface area contributed by atoms with Gasteiger partial charge >= 0.3 is 11.9 Å². The van der Waals surface area contributed by atoms with Crippen molar-refractivity contribution in [3.05, 3.63) is 36.0 Å². The molecule has 2 aliphatic rings. The topological polar surface area (TPSA) is 85.4 Å². The van der Waals surface area contributed by atoms with Crippen molar-refractivity contribution in [2.75, 3.05) is 0 Å². The first kappa shape index (κ1) is 32.3. The predicted molar refractivity (Wildman–Crippen MR) is 151 cm³/mol. The van der Waals surface area contributed by atoms with Crippen LogP contribution in [0.25, 0.3) is 0 Å². The number of hydrogen-bond donors (Lipinski definition) is 1. The molecule has 0 saturated carbocycles. The minimum atomic E-state index is -0.805. The van der Waals surface area contributed by atoms with Crippen LogP contribution in [0.3, 0.4) is 0 Å². The van der Waals surface area contributed by atoms with Crippen molar-refractivity contribution in [1.82, 2.24) is 0 Å². The summed E-state index contributed by atoms with van der Waals surface area (Å²) in [4.78, 5) is 24.4. The van der Waals surface area contributed by atoms with Crippen molar-refractivity contribution in [3.8, 4) is 0 Å². The van der Waals surface area contributed by atoms with E-state index in [1.165, 1.54) is 13.3 Å². The molecule has 0 amide bonds. The summed E-state index contributed by atoms with van der Waals surface area (Å²) in [5.41, 5.74) is 0.529. The first-order valence-electron chi connectivity index (χ1n) is 14.5. The molecule has 9 unspecified atom stereocenters. The number of cyclic esters (lactones) is 1. The number of esters is 2. The van der Waals surface area contributed by atoms with Gasteiger partial charge in [-0.25, -0.2) is 0 Å². The van der Waals surface area contributed by atoms with Crippen LogP contribution in [-0.4, -0.2) is 47.6 Å². The summed E-state index contributed by atoms with van der Waals surface area (Å²) in [6.45, 7) is 18.4. The number of carbonyl (C=O) groups excluding carboxylic acids is 2. The summed E-state index contributed by atoms with van der Waals surface area (Å²) in [6, 6.07) is 0. The van der Waals surface area contributed by atoms with Crippen LogP contribution in [-0.2, 0) is 23.8 Å². The van der Waals surface area contributed by atoms with Gasteiger partial charge in [-0.2, -0.15) is 0 Å². The average molecular weight is 533 g/mol. The molecule has 9 atom stereocenters. The number of epoxide rings is 1. The third kappa shape index (κ3) is 10.00. The van der Waals surface area contributed by atoms with Crippen LogP contribution in [0.5, 0.6) is 0 Å². The van der Waals surface area contributed by atoms with E-state index in [0.717, 1.165) is 12.0 Å². The molecule has 1 fully saturated rings. The quantitative estimate of drug-likeness (QED) is 0.156. The highest BCUT2D eigenvalue weighted by Gasteiger charge is 2.44. The van der Waals surface area contributed by atoms with E-state index in [4.69, 9.17) is 14.2 Å². The molecule has 2 rings (SSSR count). The first-order chi connectivity index (χ1) is 17.7. The molecule has 1 saturated heterocycles. The highest BCUT2D eigenvalue weighted by molar-refractivity contribution is 5.70. The number of aliphatic hydroxyl groups is 1. The number of allylic oxidation sites excluding steroid dienone is 3. The van der Waals surface area contributed by atoms with E-state index in [0.29, 0.717) is 42.8 Å². The van der Waals surface area contributed by atoms with E-state index in [2.05, 4.69) is 33.8 Å². The van der Waals surface area contributed by atoms with E-state index in [-0.39, 0.29) is 23.7 Å². The van der Waals surface area contributed by atoms with Crippen LogP contribution in [0.4, 0.5) is 0 Å². The Balaban J connectivity index is 2.12. The maximum absolute atomic E-state index is 12.7. The fourth-order valence-electron chi connectivity index (χ4n) is 5.24. The van der Waals surface area contributed by atoms with E-state index < -0.39 is 24.3 Å². The second-order valence-corrected chi connectivity index (χ2v) is 12.5. The predicted octanol–water partition coefficient (Wildman–Crippen LogP) is 6.57. The van der Waals surface area contributed by atoms with Crippen molar-refractivity contribution in [3.63, 3.8) is 0 Å². The number of aliphatic hydroxyl groups excluding tert-OH is 1. The molecule has 0 aromatic rings. The van der Waals surface area contributed by atoms with Gasteiger partial charge in [0, 0.05) is 18.3 Å². The van der Waals surface area contributed by atoms with Crippen molar-refractivity contribution < 1.29 is 28.9 Å². The lowest BCUT2D eigenvalue weighted by molar-refractivity contribution is -0.151. The Morgan fingerprint density at radius 3 is 2.55 bits per heavy atom. The zero-order valence-electron chi connectivity index (χ0n) is 25.1. The highest BCUT2D eigenvalue weighted by Crippen LogP contribution is 2.38. The summed E-state index contributed by atoms with van der Waals surface area (Å²) >= 11 is 0.